The number of carbonyl (C=O) groups excluding carboxylic acids is 1. The SMILES string of the molecule is O=C([O-])CCc1nc2ccc3ccccc3c2s1.[K+]. The molecule has 0 aliphatic heterocycles. The summed E-state index contributed by atoms with van der Waals surface area (Å²) < 4.78 is 1.13. The normalized spacial score (nSPS) is 10.5. The second-order valence-corrected chi connectivity index (χ2v) is 5.20. The van der Waals surface area contributed by atoms with E-state index in [1.54, 1.807) is 11.3 Å². The molecule has 0 fully saturated rings. The summed E-state index contributed by atoms with van der Waals surface area (Å²) in [6.45, 7) is 0. The summed E-state index contributed by atoms with van der Waals surface area (Å²) in [6, 6.07) is 12.2. The van der Waals surface area contributed by atoms with Crippen LogP contribution in [0.1, 0.15) is 11.4 Å². The molecular weight excluding hydrogens is 285 g/mol. The van der Waals surface area contributed by atoms with Crippen molar-refractivity contribution in [2.75, 3.05) is 0 Å². The molecule has 5 heteroatoms. The smallest absolute Gasteiger partial charge is 0.550 e. The van der Waals surface area contributed by atoms with Crippen LogP contribution in [-0.2, 0) is 11.2 Å². The third-order valence-corrected chi connectivity index (χ3v) is 4.03. The molecule has 2 aromatic carbocycles. The van der Waals surface area contributed by atoms with Crippen molar-refractivity contribution in [3.8, 4) is 0 Å². The van der Waals surface area contributed by atoms with Crippen molar-refractivity contribution in [1.82, 2.24) is 4.98 Å². The molecule has 0 amide bonds. The van der Waals surface area contributed by atoms with Gasteiger partial charge in [-0.3, -0.25) is 0 Å². The Bertz CT molecular complexity index is 738. The summed E-state index contributed by atoms with van der Waals surface area (Å²) in [5.74, 6) is -1.03. The molecule has 0 N–H and O–H groups in total. The van der Waals surface area contributed by atoms with Crippen molar-refractivity contribution in [2.24, 2.45) is 0 Å². The molecule has 0 bridgehead atoms. The number of nitrogens with zero attached hydrogens (tertiary/aromatic N) is 1. The van der Waals surface area contributed by atoms with Crippen LogP contribution in [0.15, 0.2) is 36.4 Å². The van der Waals surface area contributed by atoms with Crippen molar-refractivity contribution in [3.05, 3.63) is 41.4 Å². The fourth-order valence-corrected chi connectivity index (χ4v) is 3.12. The summed E-state index contributed by atoms with van der Waals surface area (Å²) in [5.41, 5.74) is 0.937. The molecule has 0 saturated carbocycles. The molecule has 0 aliphatic rings. The summed E-state index contributed by atoms with van der Waals surface area (Å²) in [5, 5.41) is 13.7. The fourth-order valence-electron chi connectivity index (χ4n) is 2.02. The minimum absolute atomic E-state index is 0. The molecule has 3 aromatic rings. The van der Waals surface area contributed by atoms with Gasteiger partial charge in [-0.25, -0.2) is 4.98 Å². The van der Waals surface area contributed by atoms with Gasteiger partial charge in [0, 0.05) is 17.8 Å². The third-order valence-electron chi connectivity index (χ3n) is 2.87. The van der Waals surface area contributed by atoms with Crippen LogP contribution in [0.25, 0.3) is 21.0 Å². The van der Waals surface area contributed by atoms with Crippen molar-refractivity contribution < 1.29 is 61.3 Å². The van der Waals surface area contributed by atoms with E-state index in [2.05, 4.69) is 17.1 Å². The second kappa shape index (κ2) is 6.43. The Labute approximate surface area is 157 Å². The van der Waals surface area contributed by atoms with Gasteiger partial charge in [0.05, 0.1) is 15.2 Å². The maximum Gasteiger partial charge on any atom is 1.00 e. The number of carbonyl (C=O) groups is 1. The number of fused-ring (bicyclic) bond motifs is 3. The molecule has 0 radical (unpaired) electrons. The van der Waals surface area contributed by atoms with E-state index in [4.69, 9.17) is 0 Å². The first-order valence-electron chi connectivity index (χ1n) is 5.71. The van der Waals surface area contributed by atoms with Gasteiger partial charge >= 0.3 is 51.4 Å². The van der Waals surface area contributed by atoms with Crippen LogP contribution >= 0.6 is 11.3 Å². The molecule has 3 nitrogen and oxygen atoms in total. The van der Waals surface area contributed by atoms with Gasteiger partial charge in [0.1, 0.15) is 0 Å². The Hall–Kier alpha value is -0.304. The number of hydrogen-bond donors (Lipinski definition) is 0. The van der Waals surface area contributed by atoms with Gasteiger partial charge in [-0.15, -0.1) is 11.3 Å². The van der Waals surface area contributed by atoms with Gasteiger partial charge in [0.2, 0.25) is 0 Å². The predicted octanol–water partition coefficient (Wildman–Crippen LogP) is -0.864. The van der Waals surface area contributed by atoms with E-state index in [-0.39, 0.29) is 57.8 Å². The molecule has 0 unspecified atom stereocenters. The van der Waals surface area contributed by atoms with E-state index in [0.29, 0.717) is 6.42 Å². The van der Waals surface area contributed by atoms with Gasteiger partial charge in [-0.05, 0) is 17.9 Å². The van der Waals surface area contributed by atoms with Gasteiger partial charge in [-0.2, -0.15) is 0 Å². The van der Waals surface area contributed by atoms with E-state index in [1.807, 2.05) is 24.3 Å². The van der Waals surface area contributed by atoms with Gasteiger partial charge in [-0.1, -0.05) is 30.3 Å². The summed E-state index contributed by atoms with van der Waals surface area (Å²) in [7, 11) is 0. The summed E-state index contributed by atoms with van der Waals surface area (Å²) in [4.78, 5) is 14.9. The Kier molecular flexibility index (Phi) is 5.11. The Balaban J connectivity index is 0.00000133. The number of benzene rings is 2. The molecule has 0 saturated heterocycles. The molecule has 19 heavy (non-hydrogen) atoms. The number of carboxylic acid groups (broad SMARTS) is 1. The second-order valence-electron chi connectivity index (χ2n) is 4.11. The van der Waals surface area contributed by atoms with E-state index in [0.717, 1.165) is 15.2 Å². The van der Waals surface area contributed by atoms with E-state index >= 15 is 0 Å². The number of thiazole rings is 1. The number of carboxylic acids is 1. The number of hydrogen-bond acceptors (Lipinski definition) is 4. The first-order valence-corrected chi connectivity index (χ1v) is 6.53. The third kappa shape index (κ3) is 3.24. The van der Waals surface area contributed by atoms with Gasteiger partial charge < -0.3 is 9.90 Å². The number of aromatic nitrogens is 1. The zero-order valence-corrected chi connectivity index (χ0v) is 14.5. The molecule has 90 valence electrons. The molecule has 0 spiro atoms. The van der Waals surface area contributed by atoms with E-state index in [1.165, 1.54) is 10.8 Å². The molecule has 0 aliphatic carbocycles. The standard InChI is InChI=1S/C14H11NO2S.K/c16-13(17)8-7-12-15-11-6-5-9-3-1-2-4-10(9)14(11)18-12;/h1-6H,7-8H2,(H,16,17);/q;+1/p-1. The van der Waals surface area contributed by atoms with Crippen LogP contribution in [0.5, 0.6) is 0 Å². The van der Waals surface area contributed by atoms with Crippen molar-refractivity contribution in [1.29, 1.82) is 0 Å². The van der Waals surface area contributed by atoms with Crippen LogP contribution < -0.4 is 56.5 Å². The van der Waals surface area contributed by atoms with E-state index < -0.39 is 5.97 Å². The van der Waals surface area contributed by atoms with Crippen molar-refractivity contribution in [3.63, 3.8) is 0 Å². The number of aryl methyl sites for hydroxylation is 1. The van der Waals surface area contributed by atoms with Crippen molar-refractivity contribution in [2.45, 2.75) is 12.8 Å². The summed E-state index contributed by atoms with van der Waals surface area (Å²) in [6.07, 6.45) is 0.466. The van der Waals surface area contributed by atoms with Crippen LogP contribution in [0, 0.1) is 0 Å². The zero-order chi connectivity index (χ0) is 12.5. The summed E-state index contributed by atoms with van der Waals surface area (Å²) >= 11 is 1.57. The minimum atomic E-state index is -1.03. The van der Waals surface area contributed by atoms with Gasteiger partial charge in [0.15, 0.2) is 0 Å². The Morgan fingerprint density at radius 3 is 2.79 bits per heavy atom. The average molecular weight is 295 g/mol. The fraction of sp³-hybridized carbons (Fsp3) is 0.143. The van der Waals surface area contributed by atoms with E-state index in [9.17, 15) is 9.90 Å². The molecule has 1 aromatic heterocycles. The van der Waals surface area contributed by atoms with Crippen LogP contribution in [0.3, 0.4) is 0 Å². The maximum atomic E-state index is 10.5. The zero-order valence-electron chi connectivity index (χ0n) is 10.6. The van der Waals surface area contributed by atoms with Crippen molar-refractivity contribution >= 4 is 38.3 Å². The first-order chi connectivity index (χ1) is 8.74. The topological polar surface area (TPSA) is 53.0 Å². The number of rotatable bonds is 3. The molecule has 0 atom stereocenters. The van der Waals surface area contributed by atoms with Crippen LogP contribution in [0.2, 0.25) is 0 Å². The number of aliphatic carboxylic acids is 1. The predicted molar refractivity (Wildman–Crippen MR) is 70.5 cm³/mol. The quantitative estimate of drug-likeness (QED) is 0.591. The van der Waals surface area contributed by atoms with Crippen LogP contribution in [-0.4, -0.2) is 11.0 Å². The Morgan fingerprint density at radius 2 is 2.00 bits per heavy atom. The largest absolute Gasteiger partial charge is 1.00 e. The van der Waals surface area contributed by atoms with Gasteiger partial charge in [0.25, 0.3) is 0 Å². The average Bonchev–Trinajstić information content (AvgIpc) is 2.79. The maximum absolute atomic E-state index is 10.5. The molecular formula is C14H10KNO2S. The minimum Gasteiger partial charge on any atom is -0.550 e. The molecule has 3 rings (SSSR count). The van der Waals surface area contributed by atoms with Crippen LogP contribution in [0.4, 0.5) is 0 Å². The first kappa shape index (κ1) is 15.1. The molecule has 1 heterocycles. The Morgan fingerprint density at radius 1 is 1.21 bits per heavy atom. The monoisotopic (exact) mass is 295 g/mol.